The SMILES string of the molecule is Cc1cc(C)cc(Nc2c(C)cccc2N)c1. The van der Waals surface area contributed by atoms with Crippen molar-refractivity contribution in [2.45, 2.75) is 20.8 Å². The fourth-order valence-electron chi connectivity index (χ4n) is 2.05. The summed E-state index contributed by atoms with van der Waals surface area (Å²) in [5.41, 5.74) is 12.5. The summed E-state index contributed by atoms with van der Waals surface area (Å²) < 4.78 is 0. The zero-order valence-electron chi connectivity index (χ0n) is 10.5. The third-order valence-electron chi connectivity index (χ3n) is 2.80. The molecule has 0 spiro atoms. The summed E-state index contributed by atoms with van der Waals surface area (Å²) in [6, 6.07) is 12.3. The van der Waals surface area contributed by atoms with Gasteiger partial charge in [0.25, 0.3) is 0 Å². The summed E-state index contributed by atoms with van der Waals surface area (Å²) in [4.78, 5) is 0. The lowest BCUT2D eigenvalue weighted by molar-refractivity contribution is 1.36. The van der Waals surface area contributed by atoms with Crippen molar-refractivity contribution >= 4 is 17.1 Å². The van der Waals surface area contributed by atoms with Crippen LogP contribution in [0.3, 0.4) is 0 Å². The Hall–Kier alpha value is -1.96. The van der Waals surface area contributed by atoms with Crippen LogP contribution in [0.25, 0.3) is 0 Å². The zero-order chi connectivity index (χ0) is 12.4. The second kappa shape index (κ2) is 4.50. The number of nitrogen functional groups attached to an aromatic ring is 1. The van der Waals surface area contributed by atoms with Crippen molar-refractivity contribution in [3.05, 3.63) is 53.1 Å². The lowest BCUT2D eigenvalue weighted by atomic mass is 10.1. The standard InChI is InChI=1S/C15H18N2/c1-10-7-11(2)9-13(8-10)17-15-12(3)5-4-6-14(15)16/h4-9,17H,16H2,1-3H3. The van der Waals surface area contributed by atoms with E-state index in [9.17, 15) is 0 Å². The fourth-order valence-corrected chi connectivity index (χ4v) is 2.05. The summed E-state index contributed by atoms with van der Waals surface area (Å²) in [5, 5.41) is 3.40. The molecule has 2 heteroatoms. The minimum Gasteiger partial charge on any atom is -0.397 e. The van der Waals surface area contributed by atoms with Gasteiger partial charge in [-0.2, -0.15) is 0 Å². The predicted octanol–water partition coefficient (Wildman–Crippen LogP) is 3.94. The maximum Gasteiger partial charge on any atom is 0.0647 e. The quantitative estimate of drug-likeness (QED) is 0.761. The minimum absolute atomic E-state index is 0.782. The molecule has 3 N–H and O–H groups in total. The second-order valence-electron chi connectivity index (χ2n) is 4.54. The average molecular weight is 226 g/mol. The van der Waals surface area contributed by atoms with Crippen LogP contribution in [0.4, 0.5) is 17.1 Å². The van der Waals surface area contributed by atoms with E-state index in [2.05, 4.69) is 50.4 Å². The van der Waals surface area contributed by atoms with Crippen molar-refractivity contribution in [3.8, 4) is 0 Å². The molecule has 0 fully saturated rings. The molecule has 0 aliphatic rings. The monoisotopic (exact) mass is 226 g/mol. The van der Waals surface area contributed by atoms with Crippen LogP contribution in [0.15, 0.2) is 36.4 Å². The topological polar surface area (TPSA) is 38.0 Å². The normalized spacial score (nSPS) is 10.3. The van der Waals surface area contributed by atoms with E-state index in [0.717, 1.165) is 22.6 Å². The highest BCUT2D eigenvalue weighted by molar-refractivity contribution is 5.75. The lowest BCUT2D eigenvalue weighted by Crippen LogP contribution is -1.99. The Bertz CT molecular complexity index is 504. The Kier molecular flexibility index (Phi) is 3.05. The van der Waals surface area contributed by atoms with Gasteiger partial charge in [-0.15, -0.1) is 0 Å². The van der Waals surface area contributed by atoms with Crippen LogP contribution >= 0.6 is 0 Å². The molecule has 2 aromatic carbocycles. The first-order valence-electron chi connectivity index (χ1n) is 5.76. The zero-order valence-corrected chi connectivity index (χ0v) is 10.5. The van der Waals surface area contributed by atoms with Crippen LogP contribution in [0.2, 0.25) is 0 Å². The molecule has 88 valence electrons. The van der Waals surface area contributed by atoms with Crippen LogP contribution in [-0.4, -0.2) is 0 Å². The molecule has 0 unspecified atom stereocenters. The van der Waals surface area contributed by atoms with Crippen LogP contribution in [0.1, 0.15) is 16.7 Å². The molecular formula is C15H18N2. The van der Waals surface area contributed by atoms with Gasteiger partial charge in [0, 0.05) is 5.69 Å². The highest BCUT2D eigenvalue weighted by Crippen LogP contribution is 2.27. The molecule has 0 atom stereocenters. The molecular weight excluding hydrogens is 208 g/mol. The average Bonchev–Trinajstić information content (AvgIpc) is 2.22. The van der Waals surface area contributed by atoms with Crippen molar-refractivity contribution in [3.63, 3.8) is 0 Å². The van der Waals surface area contributed by atoms with Gasteiger partial charge >= 0.3 is 0 Å². The molecule has 2 aromatic rings. The van der Waals surface area contributed by atoms with Gasteiger partial charge < -0.3 is 11.1 Å². The first-order valence-corrected chi connectivity index (χ1v) is 5.76. The number of para-hydroxylation sites is 1. The van der Waals surface area contributed by atoms with E-state index in [1.54, 1.807) is 0 Å². The van der Waals surface area contributed by atoms with Gasteiger partial charge in [0.2, 0.25) is 0 Å². The van der Waals surface area contributed by atoms with Crippen LogP contribution in [0.5, 0.6) is 0 Å². The van der Waals surface area contributed by atoms with E-state index in [1.165, 1.54) is 11.1 Å². The second-order valence-corrected chi connectivity index (χ2v) is 4.54. The molecule has 0 bridgehead atoms. The van der Waals surface area contributed by atoms with Gasteiger partial charge in [0.1, 0.15) is 0 Å². The number of nitrogens with one attached hydrogen (secondary N) is 1. The van der Waals surface area contributed by atoms with E-state index in [0.29, 0.717) is 0 Å². The van der Waals surface area contributed by atoms with Gasteiger partial charge in [-0.05, 0) is 55.7 Å². The number of aryl methyl sites for hydroxylation is 3. The number of nitrogens with two attached hydrogens (primary N) is 1. The number of rotatable bonds is 2. The van der Waals surface area contributed by atoms with Crippen molar-refractivity contribution in [2.24, 2.45) is 0 Å². The highest BCUT2D eigenvalue weighted by Gasteiger charge is 2.03. The molecule has 2 nitrogen and oxygen atoms in total. The Morgan fingerprint density at radius 3 is 2.18 bits per heavy atom. The van der Waals surface area contributed by atoms with Crippen LogP contribution in [0, 0.1) is 20.8 Å². The molecule has 0 heterocycles. The Labute approximate surface area is 102 Å². The molecule has 17 heavy (non-hydrogen) atoms. The number of hydrogen-bond acceptors (Lipinski definition) is 2. The first-order chi connectivity index (χ1) is 8.06. The molecule has 2 rings (SSSR count). The first kappa shape index (κ1) is 11.5. The predicted molar refractivity (Wildman–Crippen MR) is 74.8 cm³/mol. The molecule has 0 amide bonds. The smallest absolute Gasteiger partial charge is 0.0647 e. The maximum atomic E-state index is 5.98. The van der Waals surface area contributed by atoms with Crippen molar-refractivity contribution in [1.82, 2.24) is 0 Å². The van der Waals surface area contributed by atoms with Crippen molar-refractivity contribution < 1.29 is 0 Å². The van der Waals surface area contributed by atoms with Crippen LogP contribution in [-0.2, 0) is 0 Å². The van der Waals surface area contributed by atoms with E-state index in [1.807, 2.05) is 12.1 Å². The van der Waals surface area contributed by atoms with E-state index >= 15 is 0 Å². The van der Waals surface area contributed by atoms with Gasteiger partial charge in [-0.25, -0.2) is 0 Å². The van der Waals surface area contributed by atoms with Gasteiger partial charge in [-0.3, -0.25) is 0 Å². The Morgan fingerprint density at radius 2 is 1.59 bits per heavy atom. The van der Waals surface area contributed by atoms with Crippen molar-refractivity contribution in [1.29, 1.82) is 0 Å². The summed E-state index contributed by atoms with van der Waals surface area (Å²) in [7, 11) is 0. The minimum atomic E-state index is 0.782. The highest BCUT2D eigenvalue weighted by atomic mass is 14.9. The maximum absolute atomic E-state index is 5.98. The summed E-state index contributed by atoms with van der Waals surface area (Å²) in [6.45, 7) is 6.25. The number of hydrogen-bond donors (Lipinski definition) is 2. The van der Waals surface area contributed by atoms with Crippen molar-refractivity contribution in [2.75, 3.05) is 11.1 Å². The van der Waals surface area contributed by atoms with Gasteiger partial charge in [0.15, 0.2) is 0 Å². The third-order valence-corrected chi connectivity index (χ3v) is 2.80. The summed E-state index contributed by atoms with van der Waals surface area (Å²) >= 11 is 0. The fraction of sp³-hybridized carbons (Fsp3) is 0.200. The molecule has 0 saturated carbocycles. The molecule has 0 saturated heterocycles. The Morgan fingerprint density at radius 1 is 0.941 bits per heavy atom. The Balaban J connectivity index is 2.38. The number of benzene rings is 2. The molecule has 0 radical (unpaired) electrons. The van der Waals surface area contributed by atoms with E-state index < -0.39 is 0 Å². The molecule has 0 aromatic heterocycles. The number of anilines is 3. The van der Waals surface area contributed by atoms with Gasteiger partial charge in [0.05, 0.1) is 11.4 Å². The summed E-state index contributed by atoms with van der Waals surface area (Å²) in [6.07, 6.45) is 0. The molecule has 0 aliphatic heterocycles. The van der Waals surface area contributed by atoms with E-state index in [-0.39, 0.29) is 0 Å². The van der Waals surface area contributed by atoms with E-state index in [4.69, 9.17) is 5.73 Å². The van der Waals surface area contributed by atoms with Gasteiger partial charge in [-0.1, -0.05) is 18.2 Å². The van der Waals surface area contributed by atoms with Crippen LogP contribution < -0.4 is 11.1 Å². The largest absolute Gasteiger partial charge is 0.397 e. The lowest BCUT2D eigenvalue weighted by Gasteiger charge is -2.13. The third kappa shape index (κ3) is 2.59. The summed E-state index contributed by atoms with van der Waals surface area (Å²) in [5.74, 6) is 0. The molecule has 0 aliphatic carbocycles.